The zero-order valence-electron chi connectivity index (χ0n) is 11.9. The van der Waals surface area contributed by atoms with Crippen molar-refractivity contribution in [1.29, 1.82) is 0 Å². The van der Waals surface area contributed by atoms with Crippen molar-refractivity contribution in [2.45, 2.75) is 45.1 Å². The number of rotatable bonds is 6. The molecule has 2 fully saturated rings. The lowest BCUT2D eigenvalue weighted by Crippen LogP contribution is -2.46. The van der Waals surface area contributed by atoms with E-state index in [-0.39, 0.29) is 23.3 Å². The summed E-state index contributed by atoms with van der Waals surface area (Å²) in [5, 5.41) is 2.80. The summed E-state index contributed by atoms with van der Waals surface area (Å²) < 4.78 is 5.15. The molecule has 1 unspecified atom stereocenters. The number of ether oxygens (including phenoxy) is 1. The first-order valence-electron chi connectivity index (χ1n) is 7.17. The minimum absolute atomic E-state index is 0.00978. The summed E-state index contributed by atoms with van der Waals surface area (Å²) in [5.41, 5.74) is 0.247. The summed E-state index contributed by atoms with van der Waals surface area (Å²) in [5.74, 6) is 0.0708. The molecule has 0 aromatic heterocycles. The van der Waals surface area contributed by atoms with Crippen molar-refractivity contribution in [1.82, 2.24) is 10.2 Å². The maximum Gasteiger partial charge on any atom is 0.245 e. The molecule has 2 rings (SSSR count). The minimum Gasteiger partial charge on any atom is -0.385 e. The standard InChI is InChI=1S/C14H24N2O3/c1-3-11-13(18)16(8-4-12(17)15-11)10-14(5-6-14)7-9-19-2/h11H,3-10H2,1-2H3,(H,15,17). The second-order valence-electron chi connectivity index (χ2n) is 5.78. The summed E-state index contributed by atoms with van der Waals surface area (Å²) in [4.78, 5) is 25.9. The molecule has 0 radical (unpaired) electrons. The van der Waals surface area contributed by atoms with Crippen molar-refractivity contribution in [3.63, 3.8) is 0 Å². The first-order valence-corrected chi connectivity index (χ1v) is 7.17. The lowest BCUT2D eigenvalue weighted by Gasteiger charge is -2.28. The van der Waals surface area contributed by atoms with Gasteiger partial charge in [-0.25, -0.2) is 0 Å². The molecule has 0 spiro atoms. The van der Waals surface area contributed by atoms with E-state index in [0.717, 1.165) is 32.4 Å². The van der Waals surface area contributed by atoms with E-state index in [1.54, 1.807) is 7.11 Å². The maximum absolute atomic E-state index is 12.4. The van der Waals surface area contributed by atoms with Gasteiger partial charge in [0.25, 0.3) is 0 Å². The highest BCUT2D eigenvalue weighted by atomic mass is 16.5. The van der Waals surface area contributed by atoms with Gasteiger partial charge in [-0.2, -0.15) is 0 Å². The molecule has 0 aromatic rings. The van der Waals surface area contributed by atoms with Crippen LogP contribution in [0.5, 0.6) is 0 Å². The Labute approximate surface area is 114 Å². The average molecular weight is 268 g/mol. The number of amides is 2. The topological polar surface area (TPSA) is 58.6 Å². The van der Waals surface area contributed by atoms with Gasteiger partial charge in [0.15, 0.2) is 0 Å². The quantitative estimate of drug-likeness (QED) is 0.779. The molecule has 1 saturated heterocycles. The van der Waals surface area contributed by atoms with Crippen LogP contribution in [0.2, 0.25) is 0 Å². The lowest BCUT2D eigenvalue weighted by molar-refractivity contribution is -0.134. The second kappa shape index (κ2) is 5.90. The molecule has 108 valence electrons. The van der Waals surface area contributed by atoms with E-state index in [1.165, 1.54) is 0 Å². The zero-order chi connectivity index (χ0) is 13.9. The summed E-state index contributed by atoms with van der Waals surface area (Å²) in [7, 11) is 1.71. The Kier molecular flexibility index (Phi) is 4.45. The number of hydrogen-bond acceptors (Lipinski definition) is 3. The van der Waals surface area contributed by atoms with Crippen LogP contribution in [0.25, 0.3) is 0 Å². The largest absolute Gasteiger partial charge is 0.385 e. The van der Waals surface area contributed by atoms with Crippen molar-refractivity contribution >= 4 is 11.8 Å². The van der Waals surface area contributed by atoms with Crippen LogP contribution in [0, 0.1) is 5.41 Å². The van der Waals surface area contributed by atoms with Gasteiger partial charge in [-0.15, -0.1) is 0 Å². The van der Waals surface area contributed by atoms with E-state index in [9.17, 15) is 9.59 Å². The molecule has 0 aromatic carbocycles. The molecule has 5 heteroatoms. The monoisotopic (exact) mass is 268 g/mol. The Hall–Kier alpha value is -1.10. The molecule has 1 aliphatic heterocycles. The molecule has 19 heavy (non-hydrogen) atoms. The van der Waals surface area contributed by atoms with Crippen LogP contribution in [0.3, 0.4) is 0 Å². The summed E-state index contributed by atoms with van der Waals surface area (Å²) in [6, 6.07) is -0.340. The van der Waals surface area contributed by atoms with Gasteiger partial charge in [0.1, 0.15) is 6.04 Å². The van der Waals surface area contributed by atoms with E-state index in [2.05, 4.69) is 5.32 Å². The molecule has 1 aliphatic carbocycles. The Morgan fingerprint density at radius 1 is 1.42 bits per heavy atom. The number of methoxy groups -OCH3 is 1. The highest BCUT2D eigenvalue weighted by Gasteiger charge is 2.45. The summed E-state index contributed by atoms with van der Waals surface area (Å²) >= 11 is 0. The summed E-state index contributed by atoms with van der Waals surface area (Å²) in [6.07, 6.45) is 4.41. The van der Waals surface area contributed by atoms with Gasteiger partial charge in [0.05, 0.1) is 0 Å². The Balaban J connectivity index is 1.98. The van der Waals surface area contributed by atoms with Gasteiger partial charge >= 0.3 is 0 Å². The highest BCUT2D eigenvalue weighted by molar-refractivity contribution is 5.89. The van der Waals surface area contributed by atoms with Crippen molar-refractivity contribution in [3.8, 4) is 0 Å². The molecule has 1 heterocycles. The van der Waals surface area contributed by atoms with Gasteiger partial charge in [-0.1, -0.05) is 6.92 Å². The lowest BCUT2D eigenvalue weighted by atomic mass is 10.0. The number of nitrogens with zero attached hydrogens (tertiary/aromatic N) is 1. The van der Waals surface area contributed by atoms with E-state index >= 15 is 0 Å². The van der Waals surface area contributed by atoms with Gasteiger partial charge in [-0.3, -0.25) is 9.59 Å². The van der Waals surface area contributed by atoms with E-state index in [1.807, 2.05) is 11.8 Å². The fourth-order valence-corrected chi connectivity index (χ4v) is 2.72. The van der Waals surface area contributed by atoms with Crippen LogP contribution in [0.1, 0.15) is 39.0 Å². The number of nitrogens with one attached hydrogen (secondary N) is 1. The van der Waals surface area contributed by atoms with Gasteiger partial charge in [0.2, 0.25) is 11.8 Å². The predicted molar refractivity (Wildman–Crippen MR) is 71.6 cm³/mol. The van der Waals surface area contributed by atoms with Crippen LogP contribution >= 0.6 is 0 Å². The third-order valence-corrected chi connectivity index (χ3v) is 4.28. The van der Waals surface area contributed by atoms with Crippen molar-refractivity contribution < 1.29 is 14.3 Å². The maximum atomic E-state index is 12.4. The summed E-state index contributed by atoms with van der Waals surface area (Å²) in [6.45, 7) is 4.01. The second-order valence-corrected chi connectivity index (χ2v) is 5.78. The van der Waals surface area contributed by atoms with Crippen LogP contribution in [-0.4, -0.2) is 49.6 Å². The third kappa shape index (κ3) is 3.47. The fraction of sp³-hybridized carbons (Fsp3) is 0.857. The fourth-order valence-electron chi connectivity index (χ4n) is 2.72. The zero-order valence-corrected chi connectivity index (χ0v) is 11.9. The normalized spacial score (nSPS) is 26.0. The molecular weight excluding hydrogens is 244 g/mol. The predicted octanol–water partition coefficient (Wildman–Crippen LogP) is 0.930. The van der Waals surface area contributed by atoms with Crippen molar-refractivity contribution in [2.24, 2.45) is 5.41 Å². The van der Waals surface area contributed by atoms with Gasteiger partial charge in [0, 0.05) is 33.2 Å². The molecule has 2 amide bonds. The Bertz CT molecular complexity index is 353. The number of hydrogen-bond donors (Lipinski definition) is 1. The van der Waals surface area contributed by atoms with Gasteiger partial charge < -0.3 is 15.0 Å². The Morgan fingerprint density at radius 2 is 2.16 bits per heavy atom. The molecule has 1 N–H and O–H groups in total. The van der Waals surface area contributed by atoms with Crippen molar-refractivity contribution in [3.05, 3.63) is 0 Å². The number of carbonyl (C=O) groups is 2. The van der Waals surface area contributed by atoms with E-state index < -0.39 is 0 Å². The van der Waals surface area contributed by atoms with Crippen LogP contribution < -0.4 is 5.32 Å². The van der Waals surface area contributed by atoms with Crippen molar-refractivity contribution in [2.75, 3.05) is 26.8 Å². The first kappa shape index (κ1) is 14.3. The van der Waals surface area contributed by atoms with E-state index in [0.29, 0.717) is 19.4 Å². The molecule has 5 nitrogen and oxygen atoms in total. The minimum atomic E-state index is -0.340. The number of carbonyl (C=O) groups excluding carboxylic acids is 2. The average Bonchev–Trinajstić information content (AvgIpc) is 3.18. The van der Waals surface area contributed by atoms with Crippen LogP contribution in [0.15, 0.2) is 0 Å². The molecule has 0 bridgehead atoms. The first-order chi connectivity index (χ1) is 9.10. The Morgan fingerprint density at radius 3 is 2.74 bits per heavy atom. The molecule has 1 atom stereocenters. The van der Waals surface area contributed by atoms with Gasteiger partial charge in [-0.05, 0) is 31.1 Å². The van der Waals surface area contributed by atoms with E-state index in [4.69, 9.17) is 4.74 Å². The van der Waals surface area contributed by atoms with Crippen LogP contribution in [-0.2, 0) is 14.3 Å². The smallest absolute Gasteiger partial charge is 0.245 e. The highest BCUT2D eigenvalue weighted by Crippen LogP contribution is 2.49. The molecular formula is C14H24N2O3. The molecule has 1 saturated carbocycles. The third-order valence-electron chi connectivity index (χ3n) is 4.28. The SMILES string of the molecule is CCC1NC(=O)CCN(CC2(CCOC)CC2)C1=O. The molecule has 2 aliphatic rings. The van der Waals surface area contributed by atoms with Crippen LogP contribution in [0.4, 0.5) is 0 Å².